The summed E-state index contributed by atoms with van der Waals surface area (Å²) in [4.78, 5) is 2.41. The highest BCUT2D eigenvalue weighted by Gasteiger charge is 2.09. The second kappa shape index (κ2) is 7.34. The van der Waals surface area contributed by atoms with Gasteiger partial charge in [-0.15, -0.1) is 0 Å². The molecule has 0 saturated carbocycles. The van der Waals surface area contributed by atoms with Crippen LogP contribution >= 0.6 is 0 Å². The first kappa shape index (κ1) is 12.9. The molecule has 2 N–H and O–H groups in total. The lowest BCUT2D eigenvalue weighted by Crippen LogP contribution is -2.32. The maximum atomic E-state index is 5.59. The predicted octanol–water partition coefficient (Wildman–Crippen LogP) is 1.95. The Bertz CT molecular complexity index is 111. The summed E-state index contributed by atoms with van der Waals surface area (Å²) in [5, 5.41) is 0. The highest BCUT2D eigenvalue weighted by atomic mass is 15.1. The van der Waals surface area contributed by atoms with Crippen LogP contribution in [0.3, 0.4) is 0 Å². The zero-order chi connectivity index (χ0) is 10.3. The largest absolute Gasteiger partial charge is 0.330 e. The number of nitrogens with two attached hydrogens (primary N) is 1. The quantitative estimate of drug-likeness (QED) is 0.658. The van der Waals surface area contributed by atoms with Crippen LogP contribution < -0.4 is 5.73 Å². The molecular formula is C11H26N2. The van der Waals surface area contributed by atoms with E-state index in [1.54, 1.807) is 0 Å². The molecule has 1 unspecified atom stereocenters. The molecule has 80 valence electrons. The van der Waals surface area contributed by atoms with E-state index >= 15 is 0 Å². The van der Waals surface area contributed by atoms with Gasteiger partial charge in [-0.1, -0.05) is 33.6 Å². The second-order valence-corrected chi connectivity index (χ2v) is 4.24. The summed E-state index contributed by atoms with van der Waals surface area (Å²) in [6.45, 7) is 9.91. The third kappa shape index (κ3) is 6.05. The van der Waals surface area contributed by atoms with Crippen molar-refractivity contribution in [2.75, 3.05) is 26.7 Å². The van der Waals surface area contributed by atoms with Gasteiger partial charge in [0.25, 0.3) is 0 Å². The Labute approximate surface area is 83.5 Å². The fourth-order valence-electron chi connectivity index (χ4n) is 1.67. The van der Waals surface area contributed by atoms with Crippen molar-refractivity contribution in [3.63, 3.8) is 0 Å². The maximum absolute atomic E-state index is 5.59. The molecule has 0 aromatic rings. The van der Waals surface area contributed by atoms with Crippen molar-refractivity contribution in [1.29, 1.82) is 0 Å². The van der Waals surface area contributed by atoms with Gasteiger partial charge in [-0.05, 0) is 25.4 Å². The molecule has 0 saturated heterocycles. The van der Waals surface area contributed by atoms with E-state index in [2.05, 4.69) is 32.7 Å². The number of hydrogen-bond acceptors (Lipinski definition) is 2. The summed E-state index contributed by atoms with van der Waals surface area (Å²) in [7, 11) is 2.20. The highest BCUT2D eigenvalue weighted by molar-refractivity contribution is 4.64. The van der Waals surface area contributed by atoms with Gasteiger partial charge in [-0.25, -0.2) is 0 Å². The Morgan fingerprint density at radius 1 is 1.15 bits per heavy atom. The van der Waals surface area contributed by atoms with Crippen LogP contribution in [0.4, 0.5) is 0 Å². The standard InChI is InChI=1S/C11H26N2/c1-5-11(6-2)9-13(4)8-10(3)7-12/h10-11H,5-9,12H2,1-4H3. The van der Waals surface area contributed by atoms with Crippen LogP contribution in [0.2, 0.25) is 0 Å². The van der Waals surface area contributed by atoms with Gasteiger partial charge in [0.05, 0.1) is 0 Å². The highest BCUT2D eigenvalue weighted by Crippen LogP contribution is 2.09. The van der Waals surface area contributed by atoms with Crippen LogP contribution in [0, 0.1) is 11.8 Å². The minimum atomic E-state index is 0.624. The average Bonchev–Trinajstić information content (AvgIpc) is 2.13. The number of hydrogen-bond donors (Lipinski definition) is 1. The maximum Gasteiger partial charge on any atom is 0.00161 e. The lowest BCUT2D eigenvalue weighted by atomic mass is 10.0. The summed E-state index contributed by atoms with van der Waals surface area (Å²) in [5.41, 5.74) is 5.59. The van der Waals surface area contributed by atoms with Crippen molar-refractivity contribution in [2.24, 2.45) is 17.6 Å². The molecule has 0 aromatic carbocycles. The van der Waals surface area contributed by atoms with Crippen LogP contribution in [-0.4, -0.2) is 31.6 Å². The lowest BCUT2D eigenvalue weighted by molar-refractivity contribution is 0.239. The van der Waals surface area contributed by atoms with Gasteiger partial charge in [0.15, 0.2) is 0 Å². The van der Waals surface area contributed by atoms with Crippen molar-refractivity contribution in [3.8, 4) is 0 Å². The molecule has 0 aliphatic heterocycles. The van der Waals surface area contributed by atoms with Crippen molar-refractivity contribution in [2.45, 2.75) is 33.6 Å². The molecule has 0 aromatic heterocycles. The van der Waals surface area contributed by atoms with Gasteiger partial charge < -0.3 is 10.6 Å². The van der Waals surface area contributed by atoms with E-state index in [0.29, 0.717) is 5.92 Å². The van der Waals surface area contributed by atoms with E-state index in [4.69, 9.17) is 5.73 Å². The van der Waals surface area contributed by atoms with E-state index in [-0.39, 0.29) is 0 Å². The summed E-state index contributed by atoms with van der Waals surface area (Å²) < 4.78 is 0. The topological polar surface area (TPSA) is 29.3 Å². The van der Waals surface area contributed by atoms with Crippen LogP contribution in [0.1, 0.15) is 33.6 Å². The SMILES string of the molecule is CCC(CC)CN(C)CC(C)CN. The molecule has 13 heavy (non-hydrogen) atoms. The molecule has 0 aliphatic rings. The fraction of sp³-hybridized carbons (Fsp3) is 1.00. The van der Waals surface area contributed by atoms with Gasteiger partial charge in [-0.2, -0.15) is 0 Å². The number of rotatable bonds is 7. The van der Waals surface area contributed by atoms with Crippen LogP contribution in [-0.2, 0) is 0 Å². The van der Waals surface area contributed by atoms with Crippen molar-refractivity contribution in [1.82, 2.24) is 4.90 Å². The smallest absolute Gasteiger partial charge is 0.00161 e. The van der Waals surface area contributed by atoms with Crippen molar-refractivity contribution < 1.29 is 0 Å². The van der Waals surface area contributed by atoms with E-state index in [0.717, 1.165) is 19.0 Å². The van der Waals surface area contributed by atoms with E-state index < -0.39 is 0 Å². The molecule has 0 radical (unpaired) electrons. The average molecular weight is 186 g/mol. The Hall–Kier alpha value is -0.0800. The first-order valence-electron chi connectivity index (χ1n) is 5.52. The summed E-state index contributed by atoms with van der Waals surface area (Å²) in [5.74, 6) is 1.48. The van der Waals surface area contributed by atoms with Crippen LogP contribution in [0.15, 0.2) is 0 Å². The summed E-state index contributed by atoms with van der Waals surface area (Å²) >= 11 is 0. The normalized spacial score (nSPS) is 14.1. The molecule has 0 spiro atoms. The van der Waals surface area contributed by atoms with E-state index in [9.17, 15) is 0 Å². The van der Waals surface area contributed by atoms with Crippen molar-refractivity contribution in [3.05, 3.63) is 0 Å². The van der Waals surface area contributed by atoms with Gasteiger partial charge in [0.2, 0.25) is 0 Å². The lowest BCUT2D eigenvalue weighted by Gasteiger charge is -2.24. The molecule has 2 heteroatoms. The molecule has 2 nitrogen and oxygen atoms in total. The molecule has 0 amide bonds. The molecular weight excluding hydrogens is 160 g/mol. The van der Waals surface area contributed by atoms with Crippen LogP contribution in [0.25, 0.3) is 0 Å². The zero-order valence-electron chi connectivity index (χ0n) is 9.71. The fourth-order valence-corrected chi connectivity index (χ4v) is 1.67. The number of nitrogens with zero attached hydrogens (tertiary/aromatic N) is 1. The van der Waals surface area contributed by atoms with Gasteiger partial charge >= 0.3 is 0 Å². The molecule has 0 bridgehead atoms. The molecule has 1 atom stereocenters. The van der Waals surface area contributed by atoms with Gasteiger partial charge in [0, 0.05) is 13.1 Å². The Morgan fingerprint density at radius 2 is 1.69 bits per heavy atom. The Kier molecular flexibility index (Phi) is 7.29. The molecule has 0 rings (SSSR count). The second-order valence-electron chi connectivity index (χ2n) is 4.24. The van der Waals surface area contributed by atoms with E-state index in [1.807, 2.05) is 0 Å². The minimum absolute atomic E-state index is 0.624. The van der Waals surface area contributed by atoms with Crippen LogP contribution in [0.5, 0.6) is 0 Å². The summed E-state index contributed by atoms with van der Waals surface area (Å²) in [6.07, 6.45) is 2.58. The zero-order valence-corrected chi connectivity index (χ0v) is 9.71. The molecule has 0 aliphatic carbocycles. The molecule has 0 fully saturated rings. The first-order valence-corrected chi connectivity index (χ1v) is 5.52. The monoisotopic (exact) mass is 186 g/mol. The first-order chi connectivity index (χ1) is 6.13. The predicted molar refractivity (Wildman–Crippen MR) is 59.8 cm³/mol. The van der Waals surface area contributed by atoms with E-state index in [1.165, 1.54) is 19.4 Å². The minimum Gasteiger partial charge on any atom is -0.330 e. The van der Waals surface area contributed by atoms with Gasteiger partial charge in [-0.3, -0.25) is 0 Å². The van der Waals surface area contributed by atoms with Gasteiger partial charge in [0.1, 0.15) is 0 Å². The molecule has 0 heterocycles. The third-order valence-electron chi connectivity index (χ3n) is 2.75. The third-order valence-corrected chi connectivity index (χ3v) is 2.75. The Morgan fingerprint density at radius 3 is 2.08 bits per heavy atom. The summed E-state index contributed by atoms with van der Waals surface area (Å²) in [6, 6.07) is 0. The Balaban J connectivity index is 3.65. The van der Waals surface area contributed by atoms with Crippen molar-refractivity contribution >= 4 is 0 Å².